The zero-order chi connectivity index (χ0) is 39.6. The number of rotatable bonds is 39. The normalized spacial score (nSPS) is 12.3. The Balaban J connectivity index is 2.34. The Morgan fingerprint density at radius 2 is 0.759 bits per heavy atom. The zero-order valence-corrected chi connectivity index (χ0v) is 38.7. The predicted octanol–water partition coefficient (Wildman–Crippen LogP) is 17.9. The third-order valence-electron chi connectivity index (χ3n) is 11.9. The molecular weight excluding hydrogens is 680 g/mol. The fourth-order valence-corrected chi connectivity index (χ4v) is 9.42. The first-order valence-electron chi connectivity index (χ1n) is 24.1. The zero-order valence-electron chi connectivity index (χ0n) is 37.8. The van der Waals surface area contributed by atoms with Crippen LogP contribution in [0.1, 0.15) is 262 Å². The van der Waals surface area contributed by atoms with Gasteiger partial charge in [0.15, 0.2) is 0 Å². The van der Waals surface area contributed by atoms with Gasteiger partial charge in [0.05, 0.1) is 19.4 Å². The Morgan fingerprint density at radius 1 is 0.463 bits per heavy atom. The molecule has 0 unspecified atom stereocenters. The second-order valence-corrected chi connectivity index (χ2v) is 20.4. The first-order valence-corrected chi connectivity index (χ1v) is 25.8. The van der Waals surface area contributed by atoms with Crippen molar-refractivity contribution in [3.8, 4) is 0 Å². The van der Waals surface area contributed by atoms with Crippen molar-refractivity contribution in [3.05, 3.63) is 34.4 Å². The molecule has 4 heteroatoms. The van der Waals surface area contributed by atoms with E-state index in [0.717, 1.165) is 32.1 Å². The lowest BCUT2D eigenvalue weighted by atomic mass is 9.83. The van der Waals surface area contributed by atoms with Crippen LogP contribution in [0.15, 0.2) is 12.1 Å². The summed E-state index contributed by atoms with van der Waals surface area (Å²) in [4.78, 5) is 0. The van der Waals surface area contributed by atoms with Crippen LogP contribution >= 0.6 is 7.60 Å². The maximum absolute atomic E-state index is 14.1. The molecule has 0 bridgehead atoms. The highest BCUT2D eigenvalue weighted by molar-refractivity contribution is 7.53. The van der Waals surface area contributed by atoms with Gasteiger partial charge in [0, 0.05) is 0 Å². The monoisotopic (exact) mass is 775 g/mol. The molecule has 1 aromatic rings. The molecule has 1 aromatic carbocycles. The number of benzene rings is 1. The lowest BCUT2D eigenvalue weighted by molar-refractivity contribution is 0.197. The SMILES string of the molecule is CCCCCCCCCCCCCCCCCCOP(=O)(CCc1cc(C(C)(C)C)cc(C)c1C)OCCCCCCCCCCCCCCCCCC. The third-order valence-corrected chi connectivity index (χ3v) is 13.8. The molecule has 0 amide bonds. The van der Waals surface area contributed by atoms with E-state index in [9.17, 15) is 4.57 Å². The standard InChI is InChI=1S/C50H95O3P/c1-8-10-12-14-16-18-20-22-24-26-28-30-32-34-36-38-41-52-54(51,43-40-48-45-49(50(5,6)7)44-46(3)47(48)4)53-42-39-37-35-33-31-29-27-25-23-21-19-17-15-13-11-9-2/h44-45H,8-43H2,1-7H3. The van der Waals surface area contributed by atoms with E-state index in [4.69, 9.17) is 9.05 Å². The van der Waals surface area contributed by atoms with Gasteiger partial charge in [-0.3, -0.25) is 4.57 Å². The lowest BCUT2D eigenvalue weighted by Crippen LogP contribution is -2.13. The molecular formula is C50H95O3P. The highest BCUT2D eigenvalue weighted by Crippen LogP contribution is 2.49. The van der Waals surface area contributed by atoms with Gasteiger partial charge in [-0.2, -0.15) is 0 Å². The molecule has 0 aliphatic heterocycles. The summed E-state index contributed by atoms with van der Waals surface area (Å²) in [5, 5.41) is 0. The Hall–Kier alpha value is -0.630. The van der Waals surface area contributed by atoms with Crippen LogP contribution < -0.4 is 0 Å². The molecule has 54 heavy (non-hydrogen) atoms. The van der Waals surface area contributed by atoms with Gasteiger partial charge in [0.1, 0.15) is 0 Å². The topological polar surface area (TPSA) is 35.5 Å². The molecule has 0 radical (unpaired) electrons. The van der Waals surface area contributed by atoms with Gasteiger partial charge >= 0.3 is 7.60 Å². The molecule has 0 fully saturated rings. The van der Waals surface area contributed by atoms with Gasteiger partial charge in [-0.15, -0.1) is 0 Å². The second-order valence-electron chi connectivity index (χ2n) is 18.2. The minimum atomic E-state index is -3.16. The van der Waals surface area contributed by atoms with E-state index in [1.165, 1.54) is 202 Å². The van der Waals surface area contributed by atoms with E-state index in [0.29, 0.717) is 19.4 Å². The van der Waals surface area contributed by atoms with E-state index in [1.807, 2.05) is 0 Å². The van der Waals surface area contributed by atoms with Crippen LogP contribution in [-0.2, 0) is 25.4 Å². The van der Waals surface area contributed by atoms with Crippen molar-refractivity contribution < 1.29 is 13.6 Å². The van der Waals surface area contributed by atoms with Crippen molar-refractivity contribution in [2.24, 2.45) is 0 Å². The van der Waals surface area contributed by atoms with Crippen LogP contribution in [-0.4, -0.2) is 19.4 Å². The Labute approximate surface area is 339 Å². The number of hydrogen-bond acceptors (Lipinski definition) is 3. The van der Waals surface area contributed by atoms with Crippen molar-refractivity contribution >= 4 is 7.60 Å². The predicted molar refractivity (Wildman–Crippen MR) is 242 cm³/mol. The molecule has 0 saturated carbocycles. The maximum Gasteiger partial charge on any atom is 0.331 e. The Bertz CT molecular complexity index is 985. The highest BCUT2D eigenvalue weighted by Gasteiger charge is 2.25. The molecule has 0 atom stereocenters. The summed E-state index contributed by atoms with van der Waals surface area (Å²) in [5.41, 5.74) is 5.35. The molecule has 0 spiro atoms. The van der Waals surface area contributed by atoms with Crippen LogP contribution in [0.3, 0.4) is 0 Å². The summed E-state index contributed by atoms with van der Waals surface area (Å²) in [6, 6.07) is 4.65. The van der Waals surface area contributed by atoms with Crippen molar-refractivity contribution in [3.63, 3.8) is 0 Å². The van der Waals surface area contributed by atoms with Crippen molar-refractivity contribution in [2.45, 2.75) is 266 Å². The number of unbranched alkanes of at least 4 members (excludes halogenated alkanes) is 30. The minimum Gasteiger partial charge on any atom is -0.309 e. The maximum atomic E-state index is 14.1. The van der Waals surface area contributed by atoms with Crippen LogP contribution in [0, 0.1) is 13.8 Å². The summed E-state index contributed by atoms with van der Waals surface area (Å²) in [6.07, 6.45) is 44.4. The van der Waals surface area contributed by atoms with Crippen molar-refractivity contribution in [1.29, 1.82) is 0 Å². The van der Waals surface area contributed by atoms with Gasteiger partial charge in [-0.1, -0.05) is 239 Å². The third kappa shape index (κ3) is 28.7. The first-order chi connectivity index (χ1) is 26.1. The van der Waals surface area contributed by atoms with E-state index in [-0.39, 0.29) is 5.41 Å². The molecule has 0 aromatic heterocycles. The highest BCUT2D eigenvalue weighted by atomic mass is 31.2. The fraction of sp³-hybridized carbons (Fsp3) is 0.880. The van der Waals surface area contributed by atoms with Crippen LogP contribution in [0.25, 0.3) is 0 Å². The van der Waals surface area contributed by atoms with Gasteiger partial charge in [-0.05, 0) is 60.8 Å². The summed E-state index contributed by atoms with van der Waals surface area (Å²) >= 11 is 0. The minimum absolute atomic E-state index is 0.0877. The molecule has 0 saturated heterocycles. The average molecular weight is 775 g/mol. The van der Waals surface area contributed by atoms with Gasteiger partial charge in [-0.25, -0.2) is 0 Å². The lowest BCUT2D eigenvalue weighted by Gasteiger charge is -2.23. The van der Waals surface area contributed by atoms with Crippen molar-refractivity contribution in [2.75, 3.05) is 19.4 Å². The largest absolute Gasteiger partial charge is 0.331 e. The number of hydrogen-bond donors (Lipinski definition) is 0. The Kier molecular flexibility index (Phi) is 32.7. The average Bonchev–Trinajstić information content (AvgIpc) is 3.14. The number of aryl methyl sites for hydroxylation is 2. The summed E-state index contributed by atoms with van der Waals surface area (Å²) in [7, 11) is -3.16. The molecule has 0 N–H and O–H groups in total. The first kappa shape index (κ1) is 51.4. The van der Waals surface area contributed by atoms with Gasteiger partial charge in [0.2, 0.25) is 0 Å². The van der Waals surface area contributed by atoms with Crippen LogP contribution in [0.5, 0.6) is 0 Å². The van der Waals surface area contributed by atoms with Gasteiger partial charge in [0.25, 0.3) is 0 Å². The molecule has 0 aliphatic rings. The van der Waals surface area contributed by atoms with Crippen LogP contribution in [0.2, 0.25) is 0 Å². The summed E-state index contributed by atoms with van der Waals surface area (Å²) in [5.74, 6) is 0. The quantitative estimate of drug-likeness (QED) is 0.0494. The van der Waals surface area contributed by atoms with E-state index >= 15 is 0 Å². The van der Waals surface area contributed by atoms with E-state index in [2.05, 4.69) is 60.6 Å². The Morgan fingerprint density at radius 3 is 1.06 bits per heavy atom. The molecule has 0 aliphatic carbocycles. The summed E-state index contributed by atoms with van der Waals surface area (Å²) in [6.45, 7) is 16.9. The smallest absolute Gasteiger partial charge is 0.309 e. The molecule has 318 valence electrons. The van der Waals surface area contributed by atoms with E-state index < -0.39 is 7.60 Å². The van der Waals surface area contributed by atoms with Gasteiger partial charge < -0.3 is 9.05 Å². The fourth-order valence-electron chi connectivity index (χ4n) is 7.76. The molecule has 0 heterocycles. The molecule has 3 nitrogen and oxygen atoms in total. The summed E-state index contributed by atoms with van der Waals surface area (Å²) < 4.78 is 26.5. The van der Waals surface area contributed by atoms with Crippen molar-refractivity contribution in [1.82, 2.24) is 0 Å². The van der Waals surface area contributed by atoms with Crippen LogP contribution in [0.4, 0.5) is 0 Å². The molecule has 1 rings (SSSR count). The second kappa shape index (κ2) is 34.4. The van der Waals surface area contributed by atoms with E-state index in [1.54, 1.807) is 0 Å².